The van der Waals surface area contributed by atoms with E-state index in [0.29, 0.717) is 30.6 Å². The summed E-state index contributed by atoms with van der Waals surface area (Å²) in [5, 5.41) is 3.11. The van der Waals surface area contributed by atoms with Crippen LogP contribution in [0.4, 0.5) is 0 Å². The monoisotopic (exact) mass is 335 g/mol. The molecule has 1 saturated heterocycles. The highest BCUT2D eigenvalue weighted by molar-refractivity contribution is 5.76. The van der Waals surface area contributed by atoms with E-state index in [1.807, 2.05) is 13.8 Å². The van der Waals surface area contributed by atoms with E-state index in [2.05, 4.69) is 18.5 Å². The lowest BCUT2D eigenvalue weighted by molar-refractivity contribution is -0.146. The summed E-state index contributed by atoms with van der Waals surface area (Å²) >= 11 is 0. The van der Waals surface area contributed by atoms with Gasteiger partial charge in [0, 0.05) is 11.8 Å². The lowest BCUT2D eigenvalue weighted by Gasteiger charge is -2.45. The van der Waals surface area contributed by atoms with Crippen molar-refractivity contribution in [1.29, 1.82) is 0 Å². The predicted molar refractivity (Wildman–Crippen MR) is 91.3 cm³/mol. The van der Waals surface area contributed by atoms with Crippen molar-refractivity contribution in [3.05, 3.63) is 25.0 Å². The lowest BCUT2D eigenvalue weighted by Crippen LogP contribution is -2.71. The van der Waals surface area contributed by atoms with Crippen LogP contribution in [0.15, 0.2) is 25.0 Å². The summed E-state index contributed by atoms with van der Waals surface area (Å²) in [5.74, 6) is -0.0364. The summed E-state index contributed by atoms with van der Waals surface area (Å²) in [6.07, 6.45) is 3.83. The number of ether oxygens (including phenoxy) is 2. The number of carbonyl (C=O) groups excluding carboxylic acids is 1. The second-order valence-electron chi connectivity index (χ2n) is 7.63. The third-order valence-electron chi connectivity index (χ3n) is 6.24. The molecule has 6 heteroatoms. The van der Waals surface area contributed by atoms with Crippen LogP contribution in [0.1, 0.15) is 33.1 Å². The number of fused-ring (bicyclic) bond motifs is 1. The van der Waals surface area contributed by atoms with E-state index < -0.39 is 11.2 Å². The van der Waals surface area contributed by atoms with Crippen molar-refractivity contribution < 1.29 is 14.3 Å². The number of nitrogens with one attached hydrogen (secondary N) is 1. The number of allylic oxidation sites excluding steroid dienone is 1. The molecule has 1 aliphatic heterocycles. The number of hydrogen-bond donors (Lipinski definition) is 3. The van der Waals surface area contributed by atoms with Crippen molar-refractivity contribution in [3.8, 4) is 0 Å². The van der Waals surface area contributed by atoms with Crippen LogP contribution in [0.2, 0.25) is 0 Å². The average molecular weight is 335 g/mol. The molecule has 2 saturated carbocycles. The molecule has 3 fully saturated rings. The lowest BCUT2D eigenvalue weighted by atomic mass is 9.77. The Hall–Kier alpha value is -1.37. The fraction of sp³-hybridized carbons (Fsp3) is 0.722. The van der Waals surface area contributed by atoms with Crippen LogP contribution in [0.5, 0.6) is 0 Å². The summed E-state index contributed by atoms with van der Waals surface area (Å²) in [4.78, 5) is 11.9. The smallest absolute Gasteiger partial charge is 0.309 e. The van der Waals surface area contributed by atoms with Crippen molar-refractivity contribution in [2.75, 3.05) is 6.54 Å². The molecule has 3 rings (SSSR count). The highest BCUT2D eigenvalue weighted by Crippen LogP contribution is 2.56. The first-order chi connectivity index (χ1) is 11.2. The molecule has 1 heterocycles. The summed E-state index contributed by atoms with van der Waals surface area (Å²) in [6, 6.07) is 0. The first-order valence-corrected chi connectivity index (χ1v) is 8.75. The predicted octanol–water partition coefficient (Wildman–Crippen LogP) is 1.23. The van der Waals surface area contributed by atoms with Gasteiger partial charge in [0.15, 0.2) is 0 Å². The van der Waals surface area contributed by atoms with Crippen LogP contribution in [-0.2, 0) is 14.3 Å². The Morgan fingerprint density at radius 3 is 2.83 bits per heavy atom. The Labute approximate surface area is 143 Å². The molecular formula is C18H29N3O3. The fourth-order valence-electron chi connectivity index (χ4n) is 4.65. The first-order valence-electron chi connectivity index (χ1n) is 8.75. The zero-order valence-electron chi connectivity index (χ0n) is 14.6. The van der Waals surface area contributed by atoms with Gasteiger partial charge >= 0.3 is 5.97 Å². The van der Waals surface area contributed by atoms with Gasteiger partial charge in [0.25, 0.3) is 0 Å². The Bertz CT molecular complexity index is 562. The Kier molecular flexibility index (Phi) is 4.26. The van der Waals surface area contributed by atoms with Crippen LogP contribution in [-0.4, -0.2) is 30.5 Å². The third kappa shape index (κ3) is 2.39. The Balaban J connectivity index is 1.78. The van der Waals surface area contributed by atoms with Gasteiger partial charge in [-0.25, -0.2) is 0 Å². The Morgan fingerprint density at radius 1 is 1.50 bits per heavy atom. The molecule has 5 N–H and O–H groups in total. The summed E-state index contributed by atoms with van der Waals surface area (Å²) < 4.78 is 11.8. The first kappa shape index (κ1) is 17.5. The minimum Gasteiger partial charge on any atom is -0.490 e. The molecule has 0 radical (unpaired) electrons. The van der Waals surface area contributed by atoms with Crippen molar-refractivity contribution >= 4 is 5.97 Å². The maximum Gasteiger partial charge on any atom is 0.309 e. The van der Waals surface area contributed by atoms with Crippen LogP contribution in [0, 0.1) is 23.2 Å². The number of nitrogens with two attached hydrogens (primary N) is 2. The van der Waals surface area contributed by atoms with Crippen LogP contribution in [0.3, 0.4) is 0 Å². The largest absolute Gasteiger partial charge is 0.490 e. The highest BCUT2D eigenvalue weighted by Gasteiger charge is 2.63. The van der Waals surface area contributed by atoms with Gasteiger partial charge < -0.3 is 20.9 Å². The second kappa shape index (κ2) is 5.86. The quantitative estimate of drug-likeness (QED) is 0.267. The highest BCUT2D eigenvalue weighted by atomic mass is 16.6. The summed E-state index contributed by atoms with van der Waals surface area (Å²) in [6.45, 7) is 12.4. The molecule has 0 aromatic rings. The topological polar surface area (TPSA) is 99.6 Å². The van der Waals surface area contributed by atoms with E-state index in [-0.39, 0.29) is 24.1 Å². The van der Waals surface area contributed by atoms with Gasteiger partial charge in [0.05, 0.1) is 11.3 Å². The van der Waals surface area contributed by atoms with Gasteiger partial charge in [-0.1, -0.05) is 19.6 Å². The zero-order chi connectivity index (χ0) is 17.7. The van der Waals surface area contributed by atoms with Crippen LogP contribution in [0.25, 0.3) is 0 Å². The molecule has 0 aromatic carbocycles. The standard InChI is InChI=1S/C18H29N3O3/c1-5-7-17(4,18(19,20)21-6-2)10(3)23-14-11-8-12-13(9-11)16(22)24-15(12)14/h5,11-15,21H,1,3,6-9,19-20H2,2,4H3. The van der Waals surface area contributed by atoms with Gasteiger partial charge in [0.1, 0.15) is 23.8 Å². The molecule has 0 spiro atoms. The van der Waals surface area contributed by atoms with Crippen molar-refractivity contribution in [2.24, 2.45) is 34.6 Å². The molecule has 6 nitrogen and oxygen atoms in total. The number of hydrogen-bond acceptors (Lipinski definition) is 6. The van der Waals surface area contributed by atoms with Gasteiger partial charge in [0.2, 0.25) is 0 Å². The van der Waals surface area contributed by atoms with E-state index in [9.17, 15) is 4.79 Å². The number of rotatable bonds is 8. The number of carbonyl (C=O) groups is 1. The minimum atomic E-state index is -1.18. The van der Waals surface area contributed by atoms with E-state index in [1.165, 1.54) is 0 Å². The van der Waals surface area contributed by atoms with Crippen LogP contribution < -0.4 is 16.8 Å². The normalized spacial score (nSPS) is 36.3. The average Bonchev–Trinajstić information content (AvgIpc) is 3.11. The molecule has 6 atom stereocenters. The molecule has 0 amide bonds. The second-order valence-corrected chi connectivity index (χ2v) is 7.63. The van der Waals surface area contributed by atoms with Crippen LogP contribution >= 0.6 is 0 Å². The van der Waals surface area contributed by atoms with Crippen molar-refractivity contribution in [1.82, 2.24) is 5.32 Å². The van der Waals surface area contributed by atoms with E-state index >= 15 is 0 Å². The molecule has 3 aliphatic rings. The van der Waals surface area contributed by atoms with Gasteiger partial charge in [-0.2, -0.15) is 0 Å². The Morgan fingerprint density at radius 2 is 2.21 bits per heavy atom. The molecule has 6 unspecified atom stereocenters. The van der Waals surface area contributed by atoms with Crippen molar-refractivity contribution in [3.63, 3.8) is 0 Å². The minimum absolute atomic E-state index is 0.0672. The molecule has 2 bridgehead atoms. The molecule has 0 aromatic heterocycles. The molecule has 2 aliphatic carbocycles. The molecular weight excluding hydrogens is 306 g/mol. The maximum absolute atomic E-state index is 11.9. The van der Waals surface area contributed by atoms with E-state index in [4.69, 9.17) is 20.9 Å². The third-order valence-corrected chi connectivity index (χ3v) is 6.24. The molecule has 24 heavy (non-hydrogen) atoms. The zero-order valence-corrected chi connectivity index (χ0v) is 14.6. The number of esters is 1. The maximum atomic E-state index is 11.9. The van der Waals surface area contributed by atoms with Crippen molar-refractivity contribution in [2.45, 2.75) is 51.1 Å². The van der Waals surface area contributed by atoms with Gasteiger partial charge in [-0.3, -0.25) is 10.1 Å². The van der Waals surface area contributed by atoms with Gasteiger partial charge in [-0.15, -0.1) is 6.58 Å². The SMILES string of the molecule is C=CCC(C)(C(=C)OC1C2CC3C(=O)OC1C3C2)C(N)(N)NCC. The van der Waals surface area contributed by atoms with E-state index in [1.54, 1.807) is 6.08 Å². The van der Waals surface area contributed by atoms with E-state index in [0.717, 1.165) is 12.8 Å². The fourth-order valence-corrected chi connectivity index (χ4v) is 4.65. The molecule has 134 valence electrons. The van der Waals surface area contributed by atoms with Gasteiger partial charge in [-0.05, 0) is 32.7 Å². The summed E-state index contributed by atoms with van der Waals surface area (Å²) in [7, 11) is 0. The summed E-state index contributed by atoms with van der Waals surface area (Å²) in [5.41, 5.74) is 11.9.